The van der Waals surface area contributed by atoms with E-state index in [1.54, 1.807) is 6.07 Å². The lowest BCUT2D eigenvalue weighted by atomic mass is 10.3. The average molecular weight is 238 g/mol. The van der Waals surface area contributed by atoms with Gasteiger partial charge in [-0.05, 0) is 36.6 Å². The van der Waals surface area contributed by atoms with Crippen molar-refractivity contribution in [2.75, 3.05) is 18.8 Å². The normalized spacial score (nSPS) is 15.1. The maximum atomic E-state index is 12.2. The van der Waals surface area contributed by atoms with Crippen LogP contribution in [0.25, 0.3) is 0 Å². The molecule has 1 aliphatic carbocycles. The lowest BCUT2D eigenvalue weighted by Crippen LogP contribution is -2.33. The summed E-state index contributed by atoms with van der Waals surface area (Å²) in [4.78, 5) is 14.9. The Bertz CT molecular complexity index is 371. The number of nitrogens with two attached hydrogens (primary N) is 1. The molecule has 0 unspecified atom stereocenters. The molecule has 0 saturated heterocycles. The van der Waals surface area contributed by atoms with Gasteiger partial charge in [0.1, 0.15) is 4.88 Å². The van der Waals surface area contributed by atoms with Crippen LogP contribution < -0.4 is 5.73 Å². The minimum Gasteiger partial charge on any atom is -0.397 e. The van der Waals surface area contributed by atoms with E-state index in [-0.39, 0.29) is 5.91 Å². The zero-order chi connectivity index (χ0) is 11.5. The second-order valence-electron chi connectivity index (χ2n) is 4.40. The predicted octanol–water partition coefficient (Wildman–Crippen LogP) is 2.59. The molecule has 0 atom stereocenters. The van der Waals surface area contributed by atoms with Gasteiger partial charge in [0, 0.05) is 13.1 Å². The van der Waals surface area contributed by atoms with Crippen LogP contribution in [0.1, 0.15) is 35.9 Å². The smallest absolute Gasteiger partial charge is 0.266 e. The number of hydrogen-bond acceptors (Lipinski definition) is 3. The monoisotopic (exact) mass is 238 g/mol. The number of carbonyl (C=O) groups excluding carboxylic acids is 1. The van der Waals surface area contributed by atoms with Crippen LogP contribution in [0.2, 0.25) is 0 Å². The fraction of sp³-hybridized carbons (Fsp3) is 0.583. The predicted molar refractivity (Wildman–Crippen MR) is 67.6 cm³/mol. The van der Waals surface area contributed by atoms with Gasteiger partial charge in [-0.25, -0.2) is 0 Å². The van der Waals surface area contributed by atoms with E-state index in [9.17, 15) is 4.79 Å². The highest BCUT2D eigenvalue weighted by Crippen LogP contribution is 2.31. The zero-order valence-corrected chi connectivity index (χ0v) is 10.4. The number of rotatable bonds is 5. The molecule has 0 radical (unpaired) electrons. The van der Waals surface area contributed by atoms with Crippen molar-refractivity contribution in [1.29, 1.82) is 0 Å². The van der Waals surface area contributed by atoms with Crippen molar-refractivity contribution in [2.45, 2.75) is 26.2 Å². The van der Waals surface area contributed by atoms with Gasteiger partial charge in [-0.3, -0.25) is 4.79 Å². The first kappa shape index (κ1) is 11.5. The van der Waals surface area contributed by atoms with Crippen LogP contribution in [0.4, 0.5) is 5.69 Å². The summed E-state index contributed by atoms with van der Waals surface area (Å²) in [5, 5.41) is 1.88. The van der Waals surface area contributed by atoms with Crippen LogP contribution >= 0.6 is 11.3 Å². The van der Waals surface area contributed by atoms with E-state index >= 15 is 0 Å². The Morgan fingerprint density at radius 3 is 2.88 bits per heavy atom. The summed E-state index contributed by atoms with van der Waals surface area (Å²) in [5.74, 6) is 0.845. The van der Waals surface area contributed by atoms with Gasteiger partial charge in [0.2, 0.25) is 0 Å². The van der Waals surface area contributed by atoms with E-state index in [4.69, 9.17) is 5.73 Å². The maximum absolute atomic E-state index is 12.2. The Morgan fingerprint density at radius 2 is 2.38 bits per heavy atom. The van der Waals surface area contributed by atoms with Gasteiger partial charge in [-0.2, -0.15) is 0 Å². The van der Waals surface area contributed by atoms with E-state index in [1.165, 1.54) is 24.2 Å². The van der Waals surface area contributed by atoms with Crippen LogP contribution in [0.5, 0.6) is 0 Å². The Hall–Kier alpha value is -1.03. The second kappa shape index (κ2) is 4.87. The Balaban J connectivity index is 2.06. The topological polar surface area (TPSA) is 46.3 Å². The van der Waals surface area contributed by atoms with Crippen LogP contribution in [-0.2, 0) is 0 Å². The fourth-order valence-corrected chi connectivity index (χ4v) is 2.58. The molecule has 0 bridgehead atoms. The molecule has 3 nitrogen and oxygen atoms in total. The van der Waals surface area contributed by atoms with E-state index in [2.05, 4.69) is 6.92 Å². The second-order valence-corrected chi connectivity index (χ2v) is 5.32. The Kier molecular flexibility index (Phi) is 3.49. The molecule has 1 aliphatic rings. The van der Waals surface area contributed by atoms with Crippen LogP contribution in [0.3, 0.4) is 0 Å². The van der Waals surface area contributed by atoms with Crippen molar-refractivity contribution in [1.82, 2.24) is 4.90 Å². The fourth-order valence-electron chi connectivity index (χ4n) is 1.79. The third-order valence-corrected chi connectivity index (χ3v) is 3.76. The molecule has 1 saturated carbocycles. The molecule has 2 rings (SSSR count). The number of nitrogens with zero attached hydrogens (tertiary/aromatic N) is 1. The van der Waals surface area contributed by atoms with E-state index in [1.807, 2.05) is 10.3 Å². The first-order valence-electron chi connectivity index (χ1n) is 5.84. The third kappa shape index (κ3) is 2.55. The minimum atomic E-state index is 0.112. The molecule has 0 aliphatic heterocycles. The summed E-state index contributed by atoms with van der Waals surface area (Å²) >= 11 is 1.44. The molecule has 0 aromatic carbocycles. The highest BCUT2D eigenvalue weighted by molar-refractivity contribution is 7.12. The van der Waals surface area contributed by atoms with E-state index in [0.29, 0.717) is 10.6 Å². The van der Waals surface area contributed by atoms with E-state index < -0.39 is 0 Å². The Morgan fingerprint density at radius 1 is 1.62 bits per heavy atom. The molecule has 88 valence electrons. The summed E-state index contributed by atoms with van der Waals surface area (Å²) in [6.45, 7) is 3.85. The first-order chi connectivity index (χ1) is 7.72. The molecule has 1 amide bonds. The van der Waals surface area contributed by atoms with Crippen LogP contribution in [0, 0.1) is 5.92 Å². The molecule has 1 aromatic heterocycles. The van der Waals surface area contributed by atoms with Crippen molar-refractivity contribution >= 4 is 22.9 Å². The average Bonchev–Trinajstić information content (AvgIpc) is 2.98. The SMILES string of the molecule is CCCN(CC1CC1)C(=O)c1sccc1N. The molecule has 0 spiro atoms. The first-order valence-corrected chi connectivity index (χ1v) is 6.72. The lowest BCUT2D eigenvalue weighted by Gasteiger charge is -2.21. The number of carbonyl (C=O) groups is 1. The number of thiophene rings is 1. The van der Waals surface area contributed by atoms with Crippen LogP contribution in [-0.4, -0.2) is 23.9 Å². The van der Waals surface area contributed by atoms with Gasteiger partial charge in [0.25, 0.3) is 5.91 Å². The molecular formula is C12H18N2OS. The number of anilines is 1. The van der Waals surface area contributed by atoms with Gasteiger partial charge in [-0.15, -0.1) is 11.3 Å². The van der Waals surface area contributed by atoms with Gasteiger partial charge in [0.15, 0.2) is 0 Å². The van der Waals surface area contributed by atoms with Gasteiger partial charge < -0.3 is 10.6 Å². The summed E-state index contributed by atoms with van der Waals surface area (Å²) < 4.78 is 0. The zero-order valence-electron chi connectivity index (χ0n) is 9.61. The molecule has 1 heterocycles. The summed E-state index contributed by atoms with van der Waals surface area (Å²) in [6.07, 6.45) is 3.55. The van der Waals surface area contributed by atoms with Crippen molar-refractivity contribution in [2.24, 2.45) is 5.92 Å². The molecule has 2 N–H and O–H groups in total. The molecular weight excluding hydrogens is 220 g/mol. The van der Waals surface area contributed by atoms with Gasteiger partial charge >= 0.3 is 0 Å². The maximum Gasteiger partial charge on any atom is 0.266 e. The Labute approximate surface area is 100 Å². The van der Waals surface area contributed by atoms with E-state index in [0.717, 1.165) is 25.4 Å². The molecule has 4 heteroatoms. The number of hydrogen-bond donors (Lipinski definition) is 1. The summed E-state index contributed by atoms with van der Waals surface area (Å²) in [7, 11) is 0. The summed E-state index contributed by atoms with van der Waals surface area (Å²) in [6, 6.07) is 1.80. The van der Waals surface area contributed by atoms with Gasteiger partial charge in [0.05, 0.1) is 5.69 Å². The molecule has 1 aromatic rings. The largest absolute Gasteiger partial charge is 0.397 e. The van der Waals surface area contributed by atoms with Crippen molar-refractivity contribution in [3.05, 3.63) is 16.3 Å². The van der Waals surface area contributed by atoms with Gasteiger partial charge in [-0.1, -0.05) is 6.92 Å². The highest BCUT2D eigenvalue weighted by atomic mass is 32.1. The summed E-state index contributed by atoms with van der Waals surface area (Å²) in [5.41, 5.74) is 6.40. The molecule has 1 fully saturated rings. The number of nitrogen functional groups attached to an aromatic ring is 1. The standard InChI is InChI=1S/C12H18N2OS/c1-2-6-14(8-9-3-4-9)12(15)11-10(13)5-7-16-11/h5,7,9H,2-4,6,8,13H2,1H3. The highest BCUT2D eigenvalue weighted by Gasteiger charge is 2.27. The molecule has 16 heavy (non-hydrogen) atoms. The van der Waals surface area contributed by atoms with Crippen molar-refractivity contribution < 1.29 is 4.79 Å². The number of amides is 1. The third-order valence-electron chi connectivity index (χ3n) is 2.85. The lowest BCUT2D eigenvalue weighted by molar-refractivity contribution is 0.0753. The van der Waals surface area contributed by atoms with Crippen molar-refractivity contribution in [3.63, 3.8) is 0 Å². The van der Waals surface area contributed by atoms with Crippen LogP contribution in [0.15, 0.2) is 11.4 Å². The minimum absolute atomic E-state index is 0.112. The quantitative estimate of drug-likeness (QED) is 0.857. The van der Waals surface area contributed by atoms with Crippen molar-refractivity contribution in [3.8, 4) is 0 Å².